The molecule has 0 spiro atoms. The van der Waals surface area contributed by atoms with E-state index in [-0.39, 0.29) is 22.8 Å². The topological polar surface area (TPSA) is 70.4 Å². The Morgan fingerprint density at radius 3 is 2.90 bits per heavy atom. The molecule has 6 heteroatoms. The van der Waals surface area contributed by atoms with Crippen LogP contribution in [0.4, 0.5) is 0 Å². The molecule has 1 aromatic rings. The second kappa shape index (κ2) is 6.56. The van der Waals surface area contributed by atoms with Gasteiger partial charge in [-0.25, -0.2) is 8.42 Å². The summed E-state index contributed by atoms with van der Waals surface area (Å²) in [4.78, 5) is 2.36. The molecule has 0 aliphatic carbocycles. The van der Waals surface area contributed by atoms with Crippen LogP contribution >= 0.6 is 0 Å². The standard InChI is InChI=1S/C15H20N2O3S/c1-12-11-20-13(2)10-17(12)6-7-21(18,19)15-5-3-4-14(8-15)9-16/h3-5,8,12-13H,6-7,10-11H2,1-2H3. The highest BCUT2D eigenvalue weighted by molar-refractivity contribution is 7.91. The Kier molecular flexibility index (Phi) is 4.99. The lowest BCUT2D eigenvalue weighted by molar-refractivity contribution is -0.0469. The average molecular weight is 308 g/mol. The van der Waals surface area contributed by atoms with Crippen molar-refractivity contribution in [2.24, 2.45) is 0 Å². The molecule has 1 heterocycles. The van der Waals surface area contributed by atoms with Gasteiger partial charge in [0.05, 0.1) is 35.0 Å². The monoisotopic (exact) mass is 308 g/mol. The molecule has 1 saturated heterocycles. The zero-order valence-electron chi connectivity index (χ0n) is 12.3. The van der Waals surface area contributed by atoms with Gasteiger partial charge in [-0.05, 0) is 32.0 Å². The maximum Gasteiger partial charge on any atom is 0.179 e. The predicted molar refractivity (Wildman–Crippen MR) is 79.7 cm³/mol. The van der Waals surface area contributed by atoms with Crippen molar-refractivity contribution in [2.45, 2.75) is 30.9 Å². The lowest BCUT2D eigenvalue weighted by Crippen LogP contribution is -2.48. The first-order chi connectivity index (χ1) is 9.92. The number of morpholine rings is 1. The summed E-state index contributed by atoms with van der Waals surface area (Å²) in [6.07, 6.45) is 0.130. The molecular weight excluding hydrogens is 288 g/mol. The van der Waals surface area contributed by atoms with Gasteiger partial charge in [-0.3, -0.25) is 4.90 Å². The molecule has 0 N–H and O–H groups in total. The van der Waals surface area contributed by atoms with Crippen molar-refractivity contribution in [1.82, 2.24) is 4.90 Å². The summed E-state index contributed by atoms with van der Waals surface area (Å²) in [7, 11) is -3.37. The zero-order chi connectivity index (χ0) is 15.5. The number of nitrogens with zero attached hydrogens (tertiary/aromatic N) is 2. The Morgan fingerprint density at radius 2 is 2.19 bits per heavy atom. The summed E-state index contributed by atoms with van der Waals surface area (Å²) < 4.78 is 30.3. The number of hydrogen-bond donors (Lipinski definition) is 0. The van der Waals surface area contributed by atoms with E-state index in [9.17, 15) is 8.42 Å². The van der Waals surface area contributed by atoms with Gasteiger partial charge in [0.1, 0.15) is 0 Å². The number of hydrogen-bond acceptors (Lipinski definition) is 5. The fourth-order valence-electron chi connectivity index (χ4n) is 2.40. The third kappa shape index (κ3) is 4.03. The fourth-order valence-corrected chi connectivity index (χ4v) is 3.70. The van der Waals surface area contributed by atoms with E-state index < -0.39 is 9.84 Å². The second-order valence-electron chi connectivity index (χ2n) is 5.45. The van der Waals surface area contributed by atoms with Crippen LogP contribution < -0.4 is 0 Å². The number of rotatable bonds is 4. The van der Waals surface area contributed by atoms with Crippen LogP contribution in [0.1, 0.15) is 19.4 Å². The van der Waals surface area contributed by atoms with Gasteiger partial charge in [0.15, 0.2) is 9.84 Å². The molecule has 0 bridgehead atoms. The van der Waals surface area contributed by atoms with Crippen molar-refractivity contribution in [3.8, 4) is 6.07 Å². The molecular formula is C15H20N2O3S. The van der Waals surface area contributed by atoms with Crippen molar-refractivity contribution in [3.63, 3.8) is 0 Å². The molecule has 1 aliphatic heterocycles. The minimum absolute atomic E-state index is 0.0545. The molecule has 1 aliphatic rings. The lowest BCUT2D eigenvalue weighted by atomic mass is 10.2. The summed E-state index contributed by atoms with van der Waals surface area (Å²) in [5, 5.41) is 8.86. The summed E-state index contributed by atoms with van der Waals surface area (Å²) in [5.41, 5.74) is 0.365. The Hall–Kier alpha value is -1.42. The number of nitriles is 1. The molecule has 0 saturated carbocycles. The van der Waals surface area contributed by atoms with Crippen molar-refractivity contribution < 1.29 is 13.2 Å². The fraction of sp³-hybridized carbons (Fsp3) is 0.533. The Balaban J connectivity index is 2.05. The molecule has 1 fully saturated rings. The number of sulfone groups is 1. The molecule has 2 atom stereocenters. The van der Waals surface area contributed by atoms with Crippen molar-refractivity contribution in [1.29, 1.82) is 5.26 Å². The Labute approximate surface area is 126 Å². The van der Waals surface area contributed by atoms with Crippen molar-refractivity contribution in [2.75, 3.05) is 25.4 Å². The maximum atomic E-state index is 12.4. The molecule has 114 valence electrons. The van der Waals surface area contributed by atoms with Crippen LogP contribution in [0.25, 0.3) is 0 Å². The first-order valence-electron chi connectivity index (χ1n) is 7.01. The number of benzene rings is 1. The van der Waals surface area contributed by atoms with Crippen LogP contribution in [-0.4, -0.2) is 50.9 Å². The van der Waals surface area contributed by atoms with E-state index in [0.29, 0.717) is 18.7 Å². The van der Waals surface area contributed by atoms with Crippen LogP contribution in [0, 0.1) is 11.3 Å². The van der Waals surface area contributed by atoms with Crippen molar-refractivity contribution >= 4 is 9.84 Å². The molecule has 0 aromatic heterocycles. The maximum absolute atomic E-state index is 12.4. The Morgan fingerprint density at radius 1 is 1.43 bits per heavy atom. The normalized spacial score (nSPS) is 23.7. The van der Waals surface area contributed by atoms with Crippen LogP contribution in [0.3, 0.4) is 0 Å². The van der Waals surface area contributed by atoms with E-state index in [1.54, 1.807) is 18.2 Å². The van der Waals surface area contributed by atoms with Crippen LogP contribution in [0.5, 0.6) is 0 Å². The molecule has 1 aromatic carbocycles. The molecule has 2 unspecified atom stereocenters. The highest BCUT2D eigenvalue weighted by atomic mass is 32.2. The van der Waals surface area contributed by atoms with Crippen LogP contribution in [0.2, 0.25) is 0 Å². The van der Waals surface area contributed by atoms with Gasteiger partial charge >= 0.3 is 0 Å². The highest BCUT2D eigenvalue weighted by Gasteiger charge is 2.25. The van der Waals surface area contributed by atoms with E-state index in [4.69, 9.17) is 10.00 Å². The molecule has 2 rings (SSSR count). The van der Waals surface area contributed by atoms with Gasteiger partial charge < -0.3 is 4.74 Å². The minimum Gasteiger partial charge on any atom is -0.376 e. The minimum atomic E-state index is -3.37. The molecule has 0 radical (unpaired) electrons. The molecule has 21 heavy (non-hydrogen) atoms. The lowest BCUT2D eigenvalue weighted by Gasteiger charge is -2.36. The predicted octanol–water partition coefficient (Wildman–Crippen LogP) is 1.44. The highest BCUT2D eigenvalue weighted by Crippen LogP contribution is 2.16. The third-order valence-corrected chi connectivity index (χ3v) is 5.40. The van der Waals surface area contributed by atoms with E-state index in [0.717, 1.165) is 6.54 Å². The molecule has 0 amide bonds. The van der Waals surface area contributed by atoms with Gasteiger partial charge in [0, 0.05) is 19.1 Å². The SMILES string of the molecule is CC1CN(CCS(=O)(=O)c2cccc(C#N)c2)C(C)CO1. The summed E-state index contributed by atoms with van der Waals surface area (Å²) in [5.74, 6) is 0.0545. The summed E-state index contributed by atoms with van der Waals surface area (Å²) in [6.45, 7) is 5.88. The van der Waals surface area contributed by atoms with E-state index in [1.807, 2.05) is 19.9 Å². The quantitative estimate of drug-likeness (QED) is 0.842. The smallest absolute Gasteiger partial charge is 0.179 e. The summed E-state index contributed by atoms with van der Waals surface area (Å²) >= 11 is 0. The largest absolute Gasteiger partial charge is 0.376 e. The van der Waals surface area contributed by atoms with Crippen molar-refractivity contribution in [3.05, 3.63) is 29.8 Å². The summed E-state index contributed by atoms with van der Waals surface area (Å²) in [6, 6.07) is 8.37. The average Bonchev–Trinajstić information content (AvgIpc) is 2.48. The van der Waals surface area contributed by atoms with Crippen LogP contribution in [-0.2, 0) is 14.6 Å². The first-order valence-corrected chi connectivity index (χ1v) is 8.66. The van der Waals surface area contributed by atoms with Gasteiger partial charge in [-0.15, -0.1) is 0 Å². The van der Waals surface area contributed by atoms with Gasteiger partial charge in [0.25, 0.3) is 0 Å². The van der Waals surface area contributed by atoms with E-state index >= 15 is 0 Å². The first kappa shape index (κ1) is 16.0. The van der Waals surface area contributed by atoms with Gasteiger partial charge in [-0.1, -0.05) is 6.07 Å². The van der Waals surface area contributed by atoms with E-state index in [1.165, 1.54) is 6.07 Å². The number of ether oxygens (including phenoxy) is 1. The molecule has 5 nitrogen and oxygen atoms in total. The van der Waals surface area contributed by atoms with Gasteiger partial charge in [-0.2, -0.15) is 5.26 Å². The zero-order valence-corrected chi connectivity index (χ0v) is 13.1. The van der Waals surface area contributed by atoms with E-state index in [2.05, 4.69) is 4.90 Å². The second-order valence-corrected chi connectivity index (χ2v) is 7.56. The van der Waals surface area contributed by atoms with Gasteiger partial charge in [0.2, 0.25) is 0 Å². The van der Waals surface area contributed by atoms with Crippen LogP contribution in [0.15, 0.2) is 29.2 Å². The Bertz CT molecular complexity index is 637. The third-order valence-electron chi connectivity index (χ3n) is 3.71.